The quantitative estimate of drug-likeness (QED) is 0.223. The van der Waals surface area contributed by atoms with Crippen molar-refractivity contribution in [3.63, 3.8) is 0 Å². The predicted molar refractivity (Wildman–Crippen MR) is 103 cm³/mol. The van der Waals surface area contributed by atoms with E-state index in [-0.39, 0.29) is 36.8 Å². The first kappa shape index (κ1) is 21.4. The fourth-order valence-corrected chi connectivity index (χ4v) is 3.45. The molecule has 0 aliphatic carbocycles. The molecule has 2 atom stereocenters. The first-order valence-electron chi connectivity index (χ1n) is 9.19. The Hall–Kier alpha value is -2.89. The molecule has 0 radical (unpaired) electrons. The zero-order valence-electron chi connectivity index (χ0n) is 16.0. The lowest BCUT2D eigenvalue weighted by Crippen LogP contribution is -2.58. The van der Waals surface area contributed by atoms with Gasteiger partial charge in [0, 0.05) is 32.6 Å². The highest BCUT2D eigenvalue weighted by molar-refractivity contribution is 6.07. The molecule has 2 rings (SSSR count). The Morgan fingerprint density at radius 3 is 2.57 bits per heavy atom. The van der Waals surface area contributed by atoms with Crippen molar-refractivity contribution < 1.29 is 14.4 Å². The van der Waals surface area contributed by atoms with Crippen molar-refractivity contribution in [1.29, 1.82) is 5.41 Å². The van der Waals surface area contributed by atoms with E-state index in [2.05, 4.69) is 15.6 Å². The number of primary amides is 1. The smallest absolute Gasteiger partial charge is 0.318 e. The third kappa shape index (κ3) is 5.81. The van der Waals surface area contributed by atoms with Crippen LogP contribution in [0.5, 0.6) is 0 Å². The molecule has 12 heteroatoms. The van der Waals surface area contributed by atoms with E-state index in [1.54, 1.807) is 0 Å². The van der Waals surface area contributed by atoms with Gasteiger partial charge in [-0.25, -0.2) is 9.79 Å². The van der Waals surface area contributed by atoms with Gasteiger partial charge in [0.1, 0.15) is 6.04 Å². The van der Waals surface area contributed by atoms with E-state index in [9.17, 15) is 14.4 Å². The molecule has 0 saturated carbocycles. The fraction of sp³-hybridized carbons (Fsp3) is 0.688. The summed E-state index contributed by atoms with van der Waals surface area (Å²) in [6.45, 7) is 1.48. The molecule has 0 aromatic carbocycles. The van der Waals surface area contributed by atoms with Crippen molar-refractivity contribution in [1.82, 2.24) is 20.4 Å². The van der Waals surface area contributed by atoms with Gasteiger partial charge in [-0.15, -0.1) is 0 Å². The average molecular weight is 395 g/mol. The van der Waals surface area contributed by atoms with Crippen LogP contribution in [0, 0.1) is 11.3 Å². The normalized spacial score (nSPS) is 21.4. The summed E-state index contributed by atoms with van der Waals surface area (Å²) < 4.78 is 0. The van der Waals surface area contributed by atoms with Crippen molar-refractivity contribution >= 4 is 29.8 Å². The molecule has 2 aliphatic rings. The topological polar surface area (TPSA) is 196 Å². The van der Waals surface area contributed by atoms with Gasteiger partial charge >= 0.3 is 6.03 Å². The molecule has 0 bridgehead atoms. The maximum atomic E-state index is 12.5. The lowest BCUT2D eigenvalue weighted by atomic mass is 9.89. The van der Waals surface area contributed by atoms with Gasteiger partial charge in [0.05, 0.1) is 6.54 Å². The van der Waals surface area contributed by atoms with Crippen LogP contribution >= 0.6 is 0 Å². The molecule has 1 fully saturated rings. The Bertz CT molecular complexity index is 658. The van der Waals surface area contributed by atoms with E-state index in [0.29, 0.717) is 12.3 Å². The number of amides is 4. The van der Waals surface area contributed by atoms with Gasteiger partial charge < -0.3 is 27.0 Å². The van der Waals surface area contributed by atoms with Crippen LogP contribution in [0.25, 0.3) is 0 Å². The van der Waals surface area contributed by atoms with Crippen molar-refractivity contribution in [2.75, 3.05) is 26.7 Å². The highest BCUT2D eigenvalue weighted by Crippen LogP contribution is 2.22. The minimum Gasteiger partial charge on any atom is -0.370 e. The highest BCUT2D eigenvalue weighted by Gasteiger charge is 2.32. The summed E-state index contributed by atoms with van der Waals surface area (Å²) in [4.78, 5) is 42.7. The summed E-state index contributed by atoms with van der Waals surface area (Å²) in [6, 6.07) is -1.91. The second kappa shape index (κ2) is 9.35. The molecule has 9 N–H and O–H groups in total. The van der Waals surface area contributed by atoms with Crippen molar-refractivity contribution in [3.05, 3.63) is 0 Å². The SMILES string of the molecule is CN(C(=O)C[C@@H](N)CC1CCN(C(=N)N)CC1)C1CN=C(NC(N)=O)NC1=O. The first-order valence-corrected chi connectivity index (χ1v) is 9.19. The largest absolute Gasteiger partial charge is 0.370 e. The maximum absolute atomic E-state index is 12.5. The Morgan fingerprint density at radius 1 is 1.39 bits per heavy atom. The number of hydrogen-bond acceptors (Lipinski definition) is 6. The van der Waals surface area contributed by atoms with E-state index in [0.717, 1.165) is 25.9 Å². The van der Waals surface area contributed by atoms with Gasteiger partial charge in [0.15, 0.2) is 5.96 Å². The summed E-state index contributed by atoms with van der Waals surface area (Å²) in [7, 11) is 1.53. The Morgan fingerprint density at radius 2 is 2.04 bits per heavy atom. The van der Waals surface area contributed by atoms with Gasteiger partial charge in [0.2, 0.25) is 11.9 Å². The zero-order chi connectivity index (χ0) is 20.8. The second-order valence-electron chi connectivity index (χ2n) is 7.20. The molecule has 4 amide bonds. The second-order valence-corrected chi connectivity index (χ2v) is 7.20. The number of guanidine groups is 2. The number of likely N-dealkylation sites (N-methyl/N-ethyl adjacent to an activating group) is 1. The molecule has 0 spiro atoms. The van der Waals surface area contributed by atoms with Gasteiger partial charge in [-0.05, 0) is 25.2 Å². The number of nitrogens with one attached hydrogen (secondary N) is 3. The molecular formula is C16H29N9O3. The van der Waals surface area contributed by atoms with Gasteiger partial charge in [-0.3, -0.25) is 25.6 Å². The number of carbonyl (C=O) groups excluding carboxylic acids is 3. The molecule has 12 nitrogen and oxygen atoms in total. The Labute approximate surface area is 163 Å². The summed E-state index contributed by atoms with van der Waals surface area (Å²) in [5.41, 5.74) is 16.6. The van der Waals surface area contributed by atoms with E-state index in [1.807, 2.05) is 4.90 Å². The van der Waals surface area contributed by atoms with Crippen LogP contribution < -0.4 is 27.8 Å². The molecule has 2 aliphatic heterocycles. The maximum Gasteiger partial charge on any atom is 0.318 e. The number of aliphatic imine (C=N–C) groups is 1. The lowest BCUT2D eigenvalue weighted by Gasteiger charge is -2.33. The number of nitrogens with zero attached hydrogens (tertiary/aromatic N) is 3. The fourth-order valence-electron chi connectivity index (χ4n) is 3.45. The van der Waals surface area contributed by atoms with E-state index in [4.69, 9.17) is 22.6 Å². The van der Waals surface area contributed by atoms with Crippen LogP contribution in [0.3, 0.4) is 0 Å². The average Bonchev–Trinajstić information content (AvgIpc) is 2.61. The van der Waals surface area contributed by atoms with Gasteiger partial charge in [-0.2, -0.15) is 0 Å². The number of likely N-dealkylation sites (tertiary alicyclic amines) is 1. The summed E-state index contributed by atoms with van der Waals surface area (Å²) in [5.74, 6) is -0.241. The van der Waals surface area contributed by atoms with Crippen LogP contribution in [-0.4, -0.2) is 78.3 Å². The number of urea groups is 1. The third-order valence-electron chi connectivity index (χ3n) is 5.10. The summed E-state index contributed by atoms with van der Waals surface area (Å²) >= 11 is 0. The predicted octanol–water partition coefficient (Wildman–Crippen LogP) is -2.32. The van der Waals surface area contributed by atoms with Gasteiger partial charge in [0.25, 0.3) is 5.91 Å². The van der Waals surface area contributed by atoms with Crippen LogP contribution in [0.1, 0.15) is 25.7 Å². The minimum atomic E-state index is -0.831. The summed E-state index contributed by atoms with van der Waals surface area (Å²) in [5, 5.41) is 12.1. The number of piperidine rings is 1. The zero-order valence-corrected chi connectivity index (χ0v) is 16.0. The monoisotopic (exact) mass is 395 g/mol. The highest BCUT2D eigenvalue weighted by atomic mass is 16.2. The number of rotatable bonds is 5. The molecule has 28 heavy (non-hydrogen) atoms. The lowest BCUT2D eigenvalue weighted by molar-refractivity contribution is -0.138. The molecule has 1 unspecified atom stereocenters. The van der Waals surface area contributed by atoms with Crippen molar-refractivity contribution in [2.24, 2.45) is 28.1 Å². The van der Waals surface area contributed by atoms with Crippen LogP contribution in [0.2, 0.25) is 0 Å². The van der Waals surface area contributed by atoms with E-state index < -0.39 is 18.0 Å². The van der Waals surface area contributed by atoms with Gasteiger partial charge in [-0.1, -0.05) is 0 Å². The van der Waals surface area contributed by atoms with Crippen LogP contribution in [-0.2, 0) is 9.59 Å². The minimum absolute atomic E-state index is 0.0248. The van der Waals surface area contributed by atoms with Crippen molar-refractivity contribution in [3.8, 4) is 0 Å². The number of nitrogens with two attached hydrogens (primary N) is 3. The first-order chi connectivity index (χ1) is 13.2. The summed E-state index contributed by atoms with van der Waals surface area (Å²) in [6.07, 6.45) is 2.59. The Kier molecular flexibility index (Phi) is 7.15. The molecule has 0 aromatic heterocycles. The molecular weight excluding hydrogens is 366 g/mol. The standard InChI is InChI=1S/C16H29N9O3/c1-24(11-8-21-16(22-13(11)27)23-15(20)28)12(26)7-10(17)6-9-2-4-25(5-3-9)14(18)19/h9-11H,2-8,17H2,1H3,(H3,18,19)(H4,20,21,22,23,27,28)/t10-,11?/m0/s1. The molecule has 1 saturated heterocycles. The van der Waals surface area contributed by atoms with Crippen LogP contribution in [0.15, 0.2) is 4.99 Å². The molecule has 0 aromatic rings. The number of carbonyl (C=O) groups is 3. The number of hydrogen-bond donors (Lipinski definition) is 6. The Balaban J connectivity index is 1.80. The molecule has 156 valence electrons. The third-order valence-corrected chi connectivity index (χ3v) is 5.10. The van der Waals surface area contributed by atoms with Crippen molar-refractivity contribution in [2.45, 2.75) is 37.8 Å². The molecule has 2 heterocycles. The van der Waals surface area contributed by atoms with Crippen LogP contribution in [0.4, 0.5) is 4.79 Å². The van der Waals surface area contributed by atoms with E-state index >= 15 is 0 Å². The van der Waals surface area contributed by atoms with E-state index in [1.165, 1.54) is 11.9 Å².